The third-order valence-electron chi connectivity index (χ3n) is 4.31. The van der Waals surface area contributed by atoms with E-state index in [2.05, 4.69) is 50.4 Å². The third kappa shape index (κ3) is 4.52. The van der Waals surface area contributed by atoms with Gasteiger partial charge in [0.25, 0.3) is 0 Å². The SMILES string of the molecule is CC1CC(Nc2cccc(CCCO)c2)CC(C)(C)C1. The number of rotatable bonds is 5. The molecule has 1 fully saturated rings. The highest BCUT2D eigenvalue weighted by Gasteiger charge is 2.31. The van der Waals surface area contributed by atoms with Crippen molar-refractivity contribution in [2.45, 2.75) is 58.9 Å². The molecular weight excluding hydrogens is 246 g/mol. The topological polar surface area (TPSA) is 32.3 Å². The largest absolute Gasteiger partial charge is 0.396 e. The number of anilines is 1. The quantitative estimate of drug-likeness (QED) is 0.842. The van der Waals surface area contributed by atoms with Gasteiger partial charge in [-0.15, -0.1) is 0 Å². The van der Waals surface area contributed by atoms with Crippen LogP contribution in [0.3, 0.4) is 0 Å². The molecule has 112 valence electrons. The molecule has 0 spiro atoms. The van der Waals surface area contributed by atoms with Crippen LogP contribution in [0.1, 0.15) is 52.0 Å². The van der Waals surface area contributed by atoms with Crippen molar-refractivity contribution in [2.75, 3.05) is 11.9 Å². The Bertz CT molecular complexity index is 427. The first-order valence-electron chi connectivity index (χ1n) is 7.95. The Labute approximate surface area is 123 Å². The van der Waals surface area contributed by atoms with Crippen LogP contribution in [0, 0.1) is 11.3 Å². The summed E-state index contributed by atoms with van der Waals surface area (Å²) in [6.07, 6.45) is 5.65. The Morgan fingerprint density at radius 3 is 2.80 bits per heavy atom. The molecule has 0 aromatic heterocycles. The van der Waals surface area contributed by atoms with E-state index in [-0.39, 0.29) is 6.61 Å². The van der Waals surface area contributed by atoms with Crippen molar-refractivity contribution in [3.8, 4) is 0 Å². The van der Waals surface area contributed by atoms with Crippen LogP contribution in [0.2, 0.25) is 0 Å². The Morgan fingerprint density at radius 1 is 1.30 bits per heavy atom. The van der Waals surface area contributed by atoms with E-state index in [9.17, 15) is 0 Å². The van der Waals surface area contributed by atoms with E-state index >= 15 is 0 Å². The van der Waals surface area contributed by atoms with E-state index in [4.69, 9.17) is 5.11 Å². The van der Waals surface area contributed by atoms with Crippen LogP contribution >= 0.6 is 0 Å². The molecule has 0 saturated heterocycles. The number of aliphatic hydroxyl groups is 1. The lowest BCUT2D eigenvalue weighted by Gasteiger charge is -2.39. The lowest BCUT2D eigenvalue weighted by atomic mass is 9.70. The van der Waals surface area contributed by atoms with Crippen molar-refractivity contribution in [1.82, 2.24) is 0 Å². The Hall–Kier alpha value is -1.02. The molecule has 1 aliphatic rings. The first kappa shape index (κ1) is 15.4. The van der Waals surface area contributed by atoms with Crippen molar-refractivity contribution in [3.63, 3.8) is 0 Å². The van der Waals surface area contributed by atoms with Crippen LogP contribution in [0.5, 0.6) is 0 Å². The number of benzene rings is 1. The highest BCUT2D eigenvalue weighted by atomic mass is 16.2. The van der Waals surface area contributed by atoms with Gasteiger partial charge in [-0.05, 0) is 61.1 Å². The van der Waals surface area contributed by atoms with Gasteiger partial charge in [0, 0.05) is 18.3 Å². The first-order valence-corrected chi connectivity index (χ1v) is 7.95. The summed E-state index contributed by atoms with van der Waals surface area (Å²) < 4.78 is 0. The van der Waals surface area contributed by atoms with E-state index in [1.807, 2.05) is 0 Å². The molecule has 2 nitrogen and oxygen atoms in total. The van der Waals surface area contributed by atoms with Crippen molar-refractivity contribution < 1.29 is 5.11 Å². The molecule has 1 aromatic rings. The average molecular weight is 275 g/mol. The Kier molecular flexibility index (Phi) is 5.09. The van der Waals surface area contributed by atoms with Gasteiger partial charge >= 0.3 is 0 Å². The molecule has 1 aliphatic carbocycles. The predicted octanol–water partition coefficient (Wildman–Crippen LogP) is 4.24. The van der Waals surface area contributed by atoms with Gasteiger partial charge < -0.3 is 10.4 Å². The average Bonchev–Trinajstić information content (AvgIpc) is 2.34. The molecule has 2 N–H and O–H groups in total. The normalized spacial score (nSPS) is 25.4. The smallest absolute Gasteiger partial charge is 0.0434 e. The molecule has 2 unspecified atom stereocenters. The van der Waals surface area contributed by atoms with Gasteiger partial charge in [0.1, 0.15) is 0 Å². The fourth-order valence-corrected chi connectivity index (χ4v) is 3.79. The van der Waals surface area contributed by atoms with Crippen LogP contribution in [-0.2, 0) is 6.42 Å². The van der Waals surface area contributed by atoms with Gasteiger partial charge in [0.2, 0.25) is 0 Å². The van der Waals surface area contributed by atoms with Gasteiger partial charge in [-0.3, -0.25) is 0 Å². The minimum absolute atomic E-state index is 0.270. The maximum absolute atomic E-state index is 8.93. The van der Waals surface area contributed by atoms with Gasteiger partial charge in [0.05, 0.1) is 0 Å². The molecule has 2 atom stereocenters. The lowest BCUT2D eigenvalue weighted by Crippen LogP contribution is -2.35. The van der Waals surface area contributed by atoms with Crippen molar-refractivity contribution in [1.29, 1.82) is 0 Å². The van der Waals surface area contributed by atoms with E-state index < -0.39 is 0 Å². The van der Waals surface area contributed by atoms with Crippen molar-refractivity contribution in [2.24, 2.45) is 11.3 Å². The van der Waals surface area contributed by atoms with Crippen LogP contribution < -0.4 is 5.32 Å². The Morgan fingerprint density at radius 2 is 2.10 bits per heavy atom. The molecule has 2 heteroatoms. The van der Waals surface area contributed by atoms with Gasteiger partial charge in [-0.2, -0.15) is 0 Å². The summed E-state index contributed by atoms with van der Waals surface area (Å²) in [6, 6.07) is 9.25. The first-order chi connectivity index (χ1) is 9.48. The standard InChI is InChI=1S/C18H29NO/c1-14-10-17(13-18(2,3)12-14)19-16-8-4-6-15(11-16)7-5-9-20/h4,6,8,11,14,17,19-20H,5,7,9-10,12-13H2,1-3H3. The maximum atomic E-state index is 8.93. The van der Waals surface area contributed by atoms with E-state index in [0.29, 0.717) is 11.5 Å². The van der Waals surface area contributed by atoms with Crippen LogP contribution in [0.4, 0.5) is 5.69 Å². The predicted molar refractivity (Wildman–Crippen MR) is 86.1 cm³/mol. The fourth-order valence-electron chi connectivity index (χ4n) is 3.79. The summed E-state index contributed by atoms with van der Waals surface area (Å²) in [5.41, 5.74) is 2.99. The second-order valence-electron chi connectivity index (χ2n) is 7.28. The third-order valence-corrected chi connectivity index (χ3v) is 4.31. The van der Waals surface area contributed by atoms with Crippen LogP contribution in [0.15, 0.2) is 24.3 Å². The number of hydrogen-bond donors (Lipinski definition) is 2. The van der Waals surface area contributed by atoms with Gasteiger partial charge in [0.15, 0.2) is 0 Å². The van der Waals surface area contributed by atoms with Crippen LogP contribution in [0.25, 0.3) is 0 Å². The molecular formula is C18H29NO. The molecule has 0 aliphatic heterocycles. The van der Waals surface area contributed by atoms with Crippen LogP contribution in [-0.4, -0.2) is 17.8 Å². The molecule has 0 bridgehead atoms. The summed E-state index contributed by atoms with van der Waals surface area (Å²) in [4.78, 5) is 0. The zero-order chi connectivity index (χ0) is 14.6. The molecule has 0 heterocycles. The zero-order valence-corrected chi connectivity index (χ0v) is 13.2. The number of nitrogens with one attached hydrogen (secondary N) is 1. The molecule has 1 saturated carbocycles. The summed E-state index contributed by atoms with van der Waals surface area (Å²) in [5, 5.41) is 12.7. The van der Waals surface area contributed by atoms with Crippen molar-refractivity contribution in [3.05, 3.63) is 29.8 Å². The summed E-state index contributed by atoms with van der Waals surface area (Å²) in [6.45, 7) is 7.41. The maximum Gasteiger partial charge on any atom is 0.0434 e. The second-order valence-corrected chi connectivity index (χ2v) is 7.28. The van der Waals surface area contributed by atoms with E-state index in [0.717, 1.165) is 18.8 Å². The molecule has 20 heavy (non-hydrogen) atoms. The van der Waals surface area contributed by atoms with Crippen molar-refractivity contribution >= 4 is 5.69 Å². The zero-order valence-electron chi connectivity index (χ0n) is 13.2. The summed E-state index contributed by atoms with van der Waals surface area (Å²) in [7, 11) is 0. The summed E-state index contributed by atoms with van der Waals surface area (Å²) >= 11 is 0. The van der Waals surface area contributed by atoms with E-state index in [1.165, 1.54) is 30.5 Å². The van der Waals surface area contributed by atoms with E-state index in [1.54, 1.807) is 0 Å². The minimum atomic E-state index is 0.270. The molecule has 0 radical (unpaired) electrons. The monoisotopic (exact) mass is 275 g/mol. The Balaban J connectivity index is 1.98. The second kappa shape index (κ2) is 6.62. The van der Waals surface area contributed by atoms with Gasteiger partial charge in [-0.25, -0.2) is 0 Å². The molecule has 1 aromatic carbocycles. The summed E-state index contributed by atoms with van der Waals surface area (Å²) in [5.74, 6) is 0.800. The van der Waals surface area contributed by atoms with Gasteiger partial charge in [-0.1, -0.05) is 32.9 Å². The lowest BCUT2D eigenvalue weighted by molar-refractivity contribution is 0.178. The fraction of sp³-hybridized carbons (Fsp3) is 0.667. The molecule has 2 rings (SSSR count). The highest BCUT2D eigenvalue weighted by Crippen LogP contribution is 2.39. The minimum Gasteiger partial charge on any atom is -0.396 e. The number of aliphatic hydroxyl groups excluding tert-OH is 1. The highest BCUT2D eigenvalue weighted by molar-refractivity contribution is 5.46. The molecule has 0 amide bonds. The number of aryl methyl sites for hydroxylation is 1. The number of hydrogen-bond acceptors (Lipinski definition) is 2.